The van der Waals surface area contributed by atoms with E-state index >= 15 is 4.39 Å². The number of hydrogen-bond donors (Lipinski definition) is 2. The third kappa shape index (κ3) is 5.85. The molecule has 10 heteroatoms. The van der Waals surface area contributed by atoms with Crippen molar-refractivity contribution in [1.82, 2.24) is 4.98 Å². The molecule has 3 heterocycles. The van der Waals surface area contributed by atoms with E-state index in [2.05, 4.69) is 5.32 Å². The Hall–Kier alpha value is -5.19. The van der Waals surface area contributed by atoms with Crippen LogP contribution in [0.3, 0.4) is 0 Å². The fraction of sp³-hybridized carbons (Fsp3) is 0.0294. The number of nitrogens with two attached hydrogens (primary N) is 1. The number of fused-ring (bicyclic) bond motifs is 1. The molecule has 3 N–H and O–H groups in total. The number of halogens is 2. The Morgan fingerprint density at radius 3 is 2.41 bits per heavy atom. The molecule has 6 nitrogen and oxygen atoms in total. The molecule has 0 aliphatic heterocycles. The molecule has 6 rings (SSSR count). The standard InChI is InChI=1S/C34H23F2N3O3S2/c1-42-23-11-6-19(7-12-23)28-18-26(25-14-8-21(35)17-27(25)36)30-31(37)32(44-34(30)39-28)33(41)38-22-9-4-20(5-10-22)29(40)15-13-24-3-2-16-43-24/h2-18H,37H2,1H3,(H,38,41)/b15-13+. The zero-order chi connectivity index (χ0) is 30.8. The Morgan fingerprint density at radius 2 is 1.73 bits per heavy atom. The van der Waals surface area contributed by atoms with E-state index in [1.807, 2.05) is 29.6 Å². The topological polar surface area (TPSA) is 94.3 Å². The van der Waals surface area contributed by atoms with Crippen LogP contribution in [0, 0.1) is 11.6 Å². The van der Waals surface area contributed by atoms with Gasteiger partial charge in [0, 0.05) is 38.7 Å². The number of nitrogens with one attached hydrogen (secondary N) is 1. The monoisotopic (exact) mass is 623 g/mol. The lowest BCUT2D eigenvalue weighted by Crippen LogP contribution is -2.12. The number of carbonyl (C=O) groups excluding carboxylic acids is 2. The summed E-state index contributed by atoms with van der Waals surface area (Å²) in [4.78, 5) is 32.3. The molecule has 0 fully saturated rings. The van der Waals surface area contributed by atoms with Crippen molar-refractivity contribution in [2.24, 2.45) is 0 Å². The first-order valence-electron chi connectivity index (χ1n) is 13.3. The minimum atomic E-state index is -0.769. The van der Waals surface area contributed by atoms with Gasteiger partial charge in [-0.05, 0) is 95.9 Å². The number of ether oxygens (including phenoxy) is 1. The lowest BCUT2D eigenvalue weighted by molar-refractivity contribution is 0.102. The van der Waals surface area contributed by atoms with E-state index in [4.69, 9.17) is 15.5 Å². The van der Waals surface area contributed by atoms with E-state index in [1.54, 1.807) is 55.7 Å². The maximum atomic E-state index is 15.1. The quantitative estimate of drug-likeness (QED) is 0.131. The average Bonchev–Trinajstić information content (AvgIpc) is 3.68. The van der Waals surface area contributed by atoms with Gasteiger partial charge in [0.15, 0.2) is 5.78 Å². The second-order valence-electron chi connectivity index (χ2n) is 9.68. The molecule has 0 aliphatic rings. The van der Waals surface area contributed by atoms with Crippen LogP contribution in [0.2, 0.25) is 0 Å². The lowest BCUT2D eigenvalue weighted by Gasteiger charge is -2.10. The van der Waals surface area contributed by atoms with Crippen LogP contribution in [0.1, 0.15) is 24.9 Å². The highest BCUT2D eigenvalue weighted by Crippen LogP contribution is 2.42. The first-order chi connectivity index (χ1) is 21.3. The van der Waals surface area contributed by atoms with Gasteiger partial charge in [0.2, 0.25) is 0 Å². The maximum absolute atomic E-state index is 15.1. The molecule has 44 heavy (non-hydrogen) atoms. The molecule has 0 radical (unpaired) electrons. The van der Waals surface area contributed by atoms with E-state index in [9.17, 15) is 14.0 Å². The Morgan fingerprint density at radius 1 is 0.955 bits per heavy atom. The number of amides is 1. The van der Waals surface area contributed by atoms with Gasteiger partial charge in [0.1, 0.15) is 27.1 Å². The fourth-order valence-corrected chi connectivity index (χ4v) is 6.30. The van der Waals surface area contributed by atoms with Crippen LogP contribution in [0.15, 0.2) is 96.4 Å². The molecule has 0 atom stereocenters. The van der Waals surface area contributed by atoms with Crippen molar-refractivity contribution in [3.8, 4) is 28.1 Å². The van der Waals surface area contributed by atoms with E-state index in [0.717, 1.165) is 27.8 Å². The number of carbonyl (C=O) groups is 2. The molecule has 0 unspecified atom stereocenters. The molecule has 218 valence electrons. The zero-order valence-electron chi connectivity index (χ0n) is 23.1. The number of ketones is 1. The number of allylic oxidation sites excluding steroid dienone is 1. The summed E-state index contributed by atoms with van der Waals surface area (Å²) >= 11 is 2.60. The summed E-state index contributed by atoms with van der Waals surface area (Å²) in [6, 6.07) is 22.5. The molecule has 0 bridgehead atoms. The summed E-state index contributed by atoms with van der Waals surface area (Å²) in [5.74, 6) is -1.47. The SMILES string of the molecule is COc1ccc(-c2cc(-c3ccc(F)cc3F)c3c(N)c(C(=O)Nc4ccc(C(=O)/C=C/c5cccs5)cc4)sc3n2)cc1. The van der Waals surface area contributed by atoms with Crippen LogP contribution < -0.4 is 15.8 Å². The smallest absolute Gasteiger partial charge is 0.267 e. The minimum absolute atomic E-state index is 0.124. The third-order valence-electron chi connectivity index (χ3n) is 6.88. The largest absolute Gasteiger partial charge is 0.497 e. The number of rotatable bonds is 8. The van der Waals surface area contributed by atoms with Gasteiger partial charge in [-0.25, -0.2) is 13.8 Å². The average molecular weight is 624 g/mol. The predicted molar refractivity (Wildman–Crippen MR) is 173 cm³/mol. The fourth-order valence-electron chi connectivity index (χ4n) is 4.67. The molecule has 3 aromatic heterocycles. The van der Waals surface area contributed by atoms with Gasteiger partial charge in [0.25, 0.3) is 5.91 Å². The van der Waals surface area contributed by atoms with Crippen molar-refractivity contribution < 1.29 is 23.1 Å². The minimum Gasteiger partial charge on any atom is -0.497 e. The first kappa shape index (κ1) is 28.9. The van der Waals surface area contributed by atoms with Crippen LogP contribution in [-0.2, 0) is 0 Å². The summed E-state index contributed by atoms with van der Waals surface area (Å²) in [5, 5.41) is 5.14. The van der Waals surface area contributed by atoms with Crippen molar-refractivity contribution in [3.05, 3.63) is 123 Å². The second-order valence-corrected chi connectivity index (χ2v) is 11.7. The van der Waals surface area contributed by atoms with Gasteiger partial charge in [-0.15, -0.1) is 22.7 Å². The molecule has 3 aromatic carbocycles. The Kier molecular flexibility index (Phi) is 8.01. The highest BCUT2D eigenvalue weighted by molar-refractivity contribution is 7.21. The van der Waals surface area contributed by atoms with Crippen LogP contribution in [0.5, 0.6) is 5.75 Å². The molecule has 0 saturated carbocycles. The van der Waals surface area contributed by atoms with E-state index in [0.29, 0.717) is 38.5 Å². The molecule has 6 aromatic rings. The van der Waals surface area contributed by atoms with Gasteiger partial charge >= 0.3 is 0 Å². The second kappa shape index (κ2) is 12.2. The van der Waals surface area contributed by atoms with Crippen LogP contribution >= 0.6 is 22.7 Å². The normalized spacial score (nSPS) is 11.2. The number of benzene rings is 3. The van der Waals surface area contributed by atoms with Crippen LogP contribution in [-0.4, -0.2) is 23.8 Å². The molecular weight excluding hydrogens is 601 g/mol. The summed E-state index contributed by atoms with van der Waals surface area (Å²) in [6.07, 6.45) is 3.26. The third-order valence-corrected chi connectivity index (χ3v) is 8.82. The van der Waals surface area contributed by atoms with Crippen molar-refractivity contribution in [2.75, 3.05) is 18.2 Å². The number of thiophene rings is 2. The van der Waals surface area contributed by atoms with E-state index in [-0.39, 0.29) is 21.9 Å². The highest BCUT2D eigenvalue weighted by Gasteiger charge is 2.23. The Bertz CT molecular complexity index is 2040. The lowest BCUT2D eigenvalue weighted by atomic mass is 9.99. The summed E-state index contributed by atoms with van der Waals surface area (Å²) in [5.41, 5.74) is 9.33. The number of methoxy groups -OCH3 is 1. The van der Waals surface area contributed by atoms with Crippen molar-refractivity contribution in [3.63, 3.8) is 0 Å². The number of anilines is 2. The van der Waals surface area contributed by atoms with Gasteiger partial charge in [-0.2, -0.15) is 0 Å². The molecule has 0 saturated heterocycles. The Labute approximate surface area is 259 Å². The van der Waals surface area contributed by atoms with Gasteiger partial charge in [-0.3, -0.25) is 9.59 Å². The van der Waals surface area contributed by atoms with Crippen molar-refractivity contribution in [2.45, 2.75) is 0 Å². The number of hydrogen-bond acceptors (Lipinski definition) is 7. The predicted octanol–water partition coefficient (Wildman–Crippen LogP) is 8.71. The molecular formula is C34H23F2N3O3S2. The van der Waals surface area contributed by atoms with E-state index < -0.39 is 17.5 Å². The van der Waals surface area contributed by atoms with Crippen molar-refractivity contribution in [1.29, 1.82) is 0 Å². The number of nitrogens with zero attached hydrogens (tertiary/aromatic N) is 1. The maximum Gasteiger partial charge on any atom is 0.267 e. The van der Waals surface area contributed by atoms with E-state index in [1.165, 1.54) is 29.5 Å². The summed E-state index contributed by atoms with van der Waals surface area (Å²) in [7, 11) is 1.56. The molecule has 0 spiro atoms. The Balaban J connectivity index is 1.34. The molecule has 0 aliphatic carbocycles. The highest BCUT2D eigenvalue weighted by atomic mass is 32.1. The number of pyridine rings is 1. The zero-order valence-corrected chi connectivity index (χ0v) is 24.8. The summed E-state index contributed by atoms with van der Waals surface area (Å²) < 4.78 is 34.1. The van der Waals surface area contributed by atoms with Gasteiger partial charge in [0.05, 0.1) is 18.5 Å². The van der Waals surface area contributed by atoms with Gasteiger partial charge < -0.3 is 15.8 Å². The van der Waals surface area contributed by atoms with Crippen LogP contribution in [0.25, 0.3) is 38.7 Å². The van der Waals surface area contributed by atoms with Gasteiger partial charge in [-0.1, -0.05) is 6.07 Å². The number of nitrogen functional groups attached to an aromatic ring is 1. The summed E-state index contributed by atoms with van der Waals surface area (Å²) in [6.45, 7) is 0. The molecule has 1 amide bonds. The number of aromatic nitrogens is 1. The van der Waals surface area contributed by atoms with Crippen molar-refractivity contribution >= 4 is 62.0 Å². The van der Waals surface area contributed by atoms with Crippen LogP contribution in [0.4, 0.5) is 20.2 Å². The first-order valence-corrected chi connectivity index (χ1v) is 15.0.